The third-order valence-corrected chi connectivity index (χ3v) is 2.16. The highest BCUT2D eigenvalue weighted by molar-refractivity contribution is 5.92. The molecule has 0 saturated heterocycles. The Labute approximate surface area is 92.0 Å². The lowest BCUT2D eigenvalue weighted by Gasteiger charge is -2.19. The van der Waals surface area contributed by atoms with Crippen molar-refractivity contribution in [1.82, 2.24) is 19.9 Å². The zero-order valence-electron chi connectivity index (χ0n) is 9.23. The van der Waals surface area contributed by atoms with Crippen molar-refractivity contribution < 1.29 is 13.6 Å². The van der Waals surface area contributed by atoms with Gasteiger partial charge in [0.1, 0.15) is 5.69 Å². The number of aromatic nitrogens is 3. The first-order valence-electron chi connectivity index (χ1n) is 5.06. The van der Waals surface area contributed by atoms with E-state index in [1.165, 1.54) is 10.9 Å². The molecule has 1 heterocycles. The molecule has 0 bridgehead atoms. The molecule has 0 N–H and O–H groups in total. The maximum atomic E-state index is 12.2. The molecule has 5 nitrogen and oxygen atoms in total. The monoisotopic (exact) mass is 232 g/mol. The highest BCUT2D eigenvalue weighted by atomic mass is 19.3. The van der Waals surface area contributed by atoms with Crippen molar-refractivity contribution in [3.63, 3.8) is 0 Å². The van der Waals surface area contributed by atoms with E-state index in [4.69, 9.17) is 0 Å². The van der Waals surface area contributed by atoms with Gasteiger partial charge < -0.3 is 4.90 Å². The summed E-state index contributed by atoms with van der Waals surface area (Å²) in [5.41, 5.74) is 0.241. The second-order valence-electron chi connectivity index (χ2n) is 3.17. The van der Waals surface area contributed by atoms with Gasteiger partial charge >= 0.3 is 0 Å². The molecule has 0 atom stereocenters. The van der Waals surface area contributed by atoms with Crippen LogP contribution in [0.15, 0.2) is 6.20 Å². The van der Waals surface area contributed by atoms with Crippen LogP contribution in [-0.2, 0) is 6.54 Å². The number of aryl methyl sites for hydroxylation is 1. The van der Waals surface area contributed by atoms with Gasteiger partial charge in [-0.3, -0.25) is 4.79 Å². The predicted octanol–water partition coefficient (Wildman–Crippen LogP) is 1.03. The number of alkyl halides is 2. The maximum Gasteiger partial charge on any atom is 0.273 e. The van der Waals surface area contributed by atoms with E-state index in [2.05, 4.69) is 10.3 Å². The molecule has 1 aromatic rings. The Hall–Kier alpha value is -1.53. The van der Waals surface area contributed by atoms with Crippen molar-refractivity contribution in [2.75, 3.05) is 13.1 Å². The summed E-state index contributed by atoms with van der Waals surface area (Å²) in [6.07, 6.45) is -1.24. The van der Waals surface area contributed by atoms with Crippen LogP contribution < -0.4 is 0 Å². The number of halogens is 2. The van der Waals surface area contributed by atoms with E-state index >= 15 is 0 Å². The molecule has 0 aromatic carbocycles. The molecule has 0 unspecified atom stereocenters. The van der Waals surface area contributed by atoms with Crippen molar-refractivity contribution in [1.29, 1.82) is 0 Å². The minimum absolute atomic E-state index is 0.234. The van der Waals surface area contributed by atoms with Crippen molar-refractivity contribution in [3.05, 3.63) is 11.9 Å². The summed E-state index contributed by atoms with van der Waals surface area (Å²) < 4.78 is 25.8. The number of hydrogen-bond donors (Lipinski definition) is 0. The molecule has 0 fully saturated rings. The van der Waals surface area contributed by atoms with Crippen LogP contribution in [0.1, 0.15) is 24.3 Å². The van der Waals surface area contributed by atoms with Crippen LogP contribution >= 0.6 is 0 Å². The number of hydrogen-bond acceptors (Lipinski definition) is 3. The van der Waals surface area contributed by atoms with Gasteiger partial charge in [0.15, 0.2) is 0 Å². The summed E-state index contributed by atoms with van der Waals surface area (Å²) in [5.74, 6) is -0.463. The van der Waals surface area contributed by atoms with Gasteiger partial charge in [0.25, 0.3) is 12.3 Å². The van der Waals surface area contributed by atoms with Crippen LogP contribution in [0.4, 0.5) is 8.78 Å². The Morgan fingerprint density at radius 2 is 2.25 bits per heavy atom. The smallest absolute Gasteiger partial charge is 0.273 e. The van der Waals surface area contributed by atoms with E-state index in [1.54, 1.807) is 13.8 Å². The first kappa shape index (κ1) is 12.5. The van der Waals surface area contributed by atoms with Gasteiger partial charge in [0.2, 0.25) is 0 Å². The summed E-state index contributed by atoms with van der Waals surface area (Å²) in [5, 5.41) is 7.27. The SMILES string of the molecule is CCN(CC(F)F)C(=O)c1cnnn1CC. The molecule has 0 spiro atoms. The second kappa shape index (κ2) is 5.53. The molecule has 0 aliphatic heterocycles. The third kappa shape index (κ3) is 2.74. The van der Waals surface area contributed by atoms with E-state index in [1.807, 2.05) is 0 Å². The molecule has 1 rings (SSSR count). The van der Waals surface area contributed by atoms with Gasteiger partial charge in [-0.25, -0.2) is 13.5 Å². The number of amides is 1. The van der Waals surface area contributed by atoms with Crippen LogP contribution in [0.3, 0.4) is 0 Å². The highest BCUT2D eigenvalue weighted by Gasteiger charge is 2.21. The van der Waals surface area contributed by atoms with Crippen molar-refractivity contribution in [2.45, 2.75) is 26.8 Å². The van der Waals surface area contributed by atoms with Gasteiger partial charge in [-0.2, -0.15) is 0 Å². The van der Waals surface area contributed by atoms with Gasteiger partial charge in [0.05, 0.1) is 12.7 Å². The van der Waals surface area contributed by atoms with Crippen molar-refractivity contribution >= 4 is 5.91 Å². The van der Waals surface area contributed by atoms with Crippen LogP contribution in [0.5, 0.6) is 0 Å². The zero-order valence-corrected chi connectivity index (χ0v) is 9.23. The quantitative estimate of drug-likeness (QED) is 0.761. The molecular weight excluding hydrogens is 218 g/mol. The van der Waals surface area contributed by atoms with Crippen LogP contribution in [-0.4, -0.2) is 45.3 Å². The van der Waals surface area contributed by atoms with Crippen LogP contribution in [0.25, 0.3) is 0 Å². The molecule has 0 radical (unpaired) electrons. The van der Waals surface area contributed by atoms with Gasteiger partial charge in [-0.15, -0.1) is 5.10 Å². The molecule has 7 heteroatoms. The zero-order chi connectivity index (χ0) is 12.1. The van der Waals surface area contributed by atoms with Crippen molar-refractivity contribution in [2.24, 2.45) is 0 Å². The Bertz CT molecular complexity index is 353. The average Bonchev–Trinajstić information content (AvgIpc) is 2.72. The van der Waals surface area contributed by atoms with Gasteiger partial charge in [0, 0.05) is 13.1 Å². The molecule has 90 valence electrons. The fourth-order valence-corrected chi connectivity index (χ4v) is 1.34. The molecule has 0 aliphatic rings. The lowest BCUT2D eigenvalue weighted by Crippen LogP contribution is -2.36. The standard InChI is InChI=1S/C9H14F2N4O/c1-3-14(6-8(10)11)9(16)7-5-12-13-15(7)4-2/h5,8H,3-4,6H2,1-2H3. The maximum absolute atomic E-state index is 12.2. The average molecular weight is 232 g/mol. The Morgan fingerprint density at radius 3 is 2.75 bits per heavy atom. The van der Waals surface area contributed by atoms with E-state index in [0.29, 0.717) is 6.54 Å². The summed E-state index contributed by atoms with van der Waals surface area (Å²) in [6, 6.07) is 0. The van der Waals surface area contributed by atoms with E-state index < -0.39 is 18.9 Å². The van der Waals surface area contributed by atoms with Crippen LogP contribution in [0.2, 0.25) is 0 Å². The highest BCUT2D eigenvalue weighted by Crippen LogP contribution is 2.06. The Balaban J connectivity index is 2.82. The van der Waals surface area contributed by atoms with Gasteiger partial charge in [-0.05, 0) is 13.8 Å². The molecule has 1 aromatic heterocycles. The normalized spacial score (nSPS) is 10.8. The first-order valence-corrected chi connectivity index (χ1v) is 5.06. The van der Waals surface area contributed by atoms with Crippen LogP contribution in [0, 0.1) is 0 Å². The molecular formula is C9H14F2N4O. The Kier molecular flexibility index (Phi) is 4.33. The number of rotatable bonds is 5. The number of carbonyl (C=O) groups excluding carboxylic acids is 1. The van der Waals surface area contributed by atoms with E-state index in [0.717, 1.165) is 4.90 Å². The minimum Gasteiger partial charge on any atom is -0.332 e. The topological polar surface area (TPSA) is 51.0 Å². The first-order chi connectivity index (χ1) is 7.60. The van der Waals surface area contributed by atoms with Crippen molar-refractivity contribution in [3.8, 4) is 0 Å². The number of carbonyl (C=O) groups is 1. The summed E-state index contributed by atoms with van der Waals surface area (Å²) >= 11 is 0. The molecule has 16 heavy (non-hydrogen) atoms. The second-order valence-corrected chi connectivity index (χ2v) is 3.17. The third-order valence-electron chi connectivity index (χ3n) is 2.16. The molecule has 0 aliphatic carbocycles. The fraction of sp³-hybridized carbons (Fsp3) is 0.667. The van der Waals surface area contributed by atoms with E-state index in [9.17, 15) is 13.6 Å². The molecule has 1 amide bonds. The summed E-state index contributed by atoms with van der Waals surface area (Å²) in [6.45, 7) is 3.60. The van der Waals surface area contributed by atoms with E-state index in [-0.39, 0.29) is 12.2 Å². The fourth-order valence-electron chi connectivity index (χ4n) is 1.34. The lowest BCUT2D eigenvalue weighted by atomic mass is 10.3. The van der Waals surface area contributed by atoms with Gasteiger partial charge in [-0.1, -0.05) is 5.21 Å². The summed E-state index contributed by atoms with van der Waals surface area (Å²) in [4.78, 5) is 12.9. The minimum atomic E-state index is -2.53. The lowest BCUT2D eigenvalue weighted by molar-refractivity contribution is 0.0558. The summed E-state index contributed by atoms with van der Waals surface area (Å²) in [7, 11) is 0. The predicted molar refractivity (Wildman–Crippen MR) is 53.3 cm³/mol. The Morgan fingerprint density at radius 1 is 1.56 bits per heavy atom. The largest absolute Gasteiger partial charge is 0.332 e. The molecule has 0 saturated carbocycles. The number of nitrogens with zero attached hydrogens (tertiary/aromatic N) is 4.